The predicted molar refractivity (Wildman–Crippen MR) is 51.5 cm³/mol. The maximum atomic E-state index is 10.7. The number of allylic oxidation sites excluding steroid dienone is 1. The number of carbonyl (C=O) groups is 1. The molecule has 0 fully saturated rings. The summed E-state index contributed by atoms with van der Waals surface area (Å²) < 4.78 is 33.4. The summed E-state index contributed by atoms with van der Waals surface area (Å²) in [6.45, 7) is 0. The maximum Gasteiger partial charge on any atom is 0.398 e. The SMILES string of the molecule is [N-]=[N+]=C1C(C(=O)O)=C(O)C=CC1OS(=O)(=O)O. The van der Waals surface area contributed by atoms with Crippen molar-refractivity contribution in [3.05, 3.63) is 29.0 Å². The zero-order valence-corrected chi connectivity index (χ0v) is 8.83. The van der Waals surface area contributed by atoms with Gasteiger partial charge in [0.25, 0.3) is 0 Å². The summed E-state index contributed by atoms with van der Waals surface area (Å²) in [5.41, 5.74) is 7.00. The molecule has 1 rings (SSSR count). The number of aliphatic carboxylic acids is 1. The molecule has 0 amide bonds. The van der Waals surface area contributed by atoms with Crippen LogP contribution in [0.3, 0.4) is 0 Å². The minimum atomic E-state index is -4.87. The molecule has 3 N–H and O–H groups in total. The second-order valence-electron chi connectivity index (χ2n) is 2.85. The lowest BCUT2D eigenvalue weighted by Crippen LogP contribution is -2.33. The summed E-state index contributed by atoms with van der Waals surface area (Å²) in [5.74, 6) is -2.39. The second kappa shape index (κ2) is 4.47. The van der Waals surface area contributed by atoms with Gasteiger partial charge in [-0.15, -0.1) is 0 Å². The summed E-state index contributed by atoms with van der Waals surface area (Å²) in [7, 11) is -4.87. The van der Waals surface area contributed by atoms with Gasteiger partial charge >= 0.3 is 22.1 Å². The van der Waals surface area contributed by atoms with E-state index < -0.39 is 39.5 Å². The van der Waals surface area contributed by atoms with Gasteiger partial charge < -0.3 is 15.7 Å². The number of carboxylic acids is 1. The number of aliphatic hydroxyl groups is 1. The minimum absolute atomic E-state index is 0.736. The Bertz CT molecular complexity index is 567. The maximum absolute atomic E-state index is 10.7. The first-order valence-corrected chi connectivity index (χ1v) is 5.35. The van der Waals surface area contributed by atoms with E-state index in [4.69, 9.17) is 15.2 Å². The highest BCUT2D eigenvalue weighted by atomic mass is 32.3. The quantitative estimate of drug-likeness (QED) is 0.345. The van der Waals surface area contributed by atoms with Crippen LogP contribution in [-0.4, -0.2) is 45.8 Å². The predicted octanol–water partition coefficient (Wildman–Crippen LogP) is -0.688. The largest absolute Gasteiger partial charge is 0.507 e. The molecule has 0 aromatic carbocycles. The number of hydrogen-bond donors (Lipinski definition) is 3. The van der Waals surface area contributed by atoms with Crippen molar-refractivity contribution in [2.45, 2.75) is 6.10 Å². The highest BCUT2D eigenvalue weighted by molar-refractivity contribution is 7.80. The van der Waals surface area contributed by atoms with Crippen molar-refractivity contribution in [1.29, 1.82) is 0 Å². The van der Waals surface area contributed by atoms with E-state index >= 15 is 0 Å². The molecule has 9 nitrogen and oxygen atoms in total. The van der Waals surface area contributed by atoms with Crippen LogP contribution in [0.5, 0.6) is 0 Å². The summed E-state index contributed by atoms with van der Waals surface area (Å²) in [4.78, 5) is 13.3. The Morgan fingerprint density at radius 1 is 1.53 bits per heavy atom. The number of hydrogen-bond acceptors (Lipinski definition) is 5. The van der Waals surface area contributed by atoms with Gasteiger partial charge in [-0.3, -0.25) is 4.55 Å². The smallest absolute Gasteiger partial charge is 0.398 e. The fourth-order valence-electron chi connectivity index (χ4n) is 1.16. The number of nitrogens with zero attached hydrogens (tertiary/aromatic N) is 2. The van der Waals surface area contributed by atoms with Crippen LogP contribution in [0.4, 0.5) is 0 Å². The average Bonchev–Trinajstić information content (AvgIpc) is 2.17. The van der Waals surface area contributed by atoms with Gasteiger partial charge in [0.05, 0.1) is 0 Å². The third-order valence-corrected chi connectivity index (χ3v) is 2.21. The Balaban J connectivity index is 3.24. The Kier molecular flexibility index (Phi) is 3.44. The molecule has 1 unspecified atom stereocenters. The van der Waals surface area contributed by atoms with Crippen molar-refractivity contribution >= 4 is 22.1 Å². The Morgan fingerprint density at radius 3 is 2.53 bits per heavy atom. The Morgan fingerprint density at radius 2 is 2.12 bits per heavy atom. The number of carboxylic acid groups (broad SMARTS) is 1. The molecule has 0 heterocycles. The molecule has 17 heavy (non-hydrogen) atoms. The van der Waals surface area contributed by atoms with E-state index in [0.717, 1.165) is 12.2 Å². The molecule has 0 saturated carbocycles. The lowest BCUT2D eigenvalue weighted by atomic mass is 9.99. The zero-order chi connectivity index (χ0) is 13.2. The van der Waals surface area contributed by atoms with Crippen LogP contribution in [0, 0.1) is 0 Å². The molecule has 0 spiro atoms. The van der Waals surface area contributed by atoms with E-state index in [1.165, 1.54) is 0 Å². The fraction of sp³-hybridized carbons (Fsp3) is 0.143. The van der Waals surface area contributed by atoms with Gasteiger partial charge in [-0.2, -0.15) is 13.2 Å². The van der Waals surface area contributed by atoms with Gasteiger partial charge in [0.1, 0.15) is 5.76 Å². The van der Waals surface area contributed by atoms with Gasteiger partial charge in [-0.05, 0) is 12.2 Å². The third kappa shape index (κ3) is 2.98. The first kappa shape index (κ1) is 13.1. The highest BCUT2D eigenvalue weighted by Gasteiger charge is 2.39. The number of rotatable bonds is 3. The van der Waals surface area contributed by atoms with Gasteiger partial charge in [0.15, 0.2) is 11.7 Å². The summed E-state index contributed by atoms with van der Waals surface area (Å²) in [6.07, 6.45) is 0.0930. The van der Waals surface area contributed by atoms with Crippen LogP contribution in [-0.2, 0) is 19.4 Å². The zero-order valence-electron chi connectivity index (χ0n) is 8.01. The number of aliphatic hydroxyl groups excluding tert-OH is 1. The Labute approximate surface area is 94.8 Å². The minimum Gasteiger partial charge on any atom is -0.507 e. The molecule has 0 aliphatic heterocycles. The van der Waals surface area contributed by atoms with E-state index in [9.17, 15) is 18.3 Å². The molecule has 0 saturated heterocycles. The topological polar surface area (TPSA) is 158 Å². The van der Waals surface area contributed by atoms with E-state index in [1.807, 2.05) is 0 Å². The molecule has 0 aromatic heterocycles. The van der Waals surface area contributed by atoms with Gasteiger partial charge in [0, 0.05) is 0 Å². The third-order valence-electron chi connectivity index (χ3n) is 1.76. The molecule has 10 heteroatoms. The van der Waals surface area contributed by atoms with Gasteiger partial charge in [-0.25, -0.2) is 8.98 Å². The van der Waals surface area contributed by atoms with Gasteiger partial charge in [-0.1, -0.05) is 0 Å². The van der Waals surface area contributed by atoms with Crippen LogP contribution < -0.4 is 0 Å². The second-order valence-corrected chi connectivity index (χ2v) is 3.90. The van der Waals surface area contributed by atoms with Crippen molar-refractivity contribution in [1.82, 2.24) is 0 Å². The summed E-state index contributed by atoms with van der Waals surface area (Å²) in [5, 5.41) is 17.9. The standard InChI is InChI=1S/C7H6N2O7S/c8-9-6-4(16-17(13,14)15)2-1-3(10)5(6)7(11)12/h1-2,4,10H,(H,11,12)(H,13,14,15). The summed E-state index contributed by atoms with van der Waals surface area (Å²) in [6, 6.07) is 0. The van der Waals surface area contributed by atoms with E-state index in [-0.39, 0.29) is 0 Å². The van der Waals surface area contributed by atoms with E-state index in [1.54, 1.807) is 0 Å². The lowest BCUT2D eigenvalue weighted by molar-refractivity contribution is -0.132. The molecule has 1 aliphatic carbocycles. The Hall–Kier alpha value is -2.00. The normalized spacial score (nSPS) is 20.3. The fourth-order valence-corrected chi connectivity index (χ4v) is 1.58. The molecule has 0 bridgehead atoms. The van der Waals surface area contributed by atoms with Crippen molar-refractivity contribution in [2.75, 3.05) is 0 Å². The summed E-state index contributed by atoms with van der Waals surface area (Å²) >= 11 is 0. The molecule has 0 radical (unpaired) electrons. The van der Waals surface area contributed by atoms with Crippen LogP contribution >= 0.6 is 0 Å². The van der Waals surface area contributed by atoms with Crippen molar-refractivity contribution in [2.24, 2.45) is 0 Å². The molecular formula is C7H6N2O7S. The first-order chi connectivity index (χ1) is 7.76. The lowest BCUT2D eigenvalue weighted by Gasteiger charge is -2.12. The average molecular weight is 262 g/mol. The van der Waals surface area contributed by atoms with E-state index in [0.29, 0.717) is 0 Å². The molecular weight excluding hydrogens is 256 g/mol. The van der Waals surface area contributed by atoms with Crippen molar-refractivity contribution in [3.8, 4) is 0 Å². The monoisotopic (exact) mass is 262 g/mol. The molecule has 92 valence electrons. The first-order valence-electron chi connectivity index (χ1n) is 3.99. The van der Waals surface area contributed by atoms with Gasteiger partial charge in [0.2, 0.25) is 0 Å². The molecule has 0 aromatic rings. The van der Waals surface area contributed by atoms with Crippen LogP contribution in [0.15, 0.2) is 23.5 Å². The molecule has 1 atom stereocenters. The molecule has 1 aliphatic rings. The van der Waals surface area contributed by atoms with Crippen molar-refractivity contribution < 1.29 is 37.0 Å². The van der Waals surface area contributed by atoms with E-state index in [2.05, 4.69) is 8.97 Å². The van der Waals surface area contributed by atoms with Crippen LogP contribution in [0.1, 0.15) is 0 Å². The van der Waals surface area contributed by atoms with Crippen LogP contribution in [0.25, 0.3) is 5.53 Å². The van der Waals surface area contributed by atoms with Crippen molar-refractivity contribution in [3.63, 3.8) is 0 Å². The van der Waals surface area contributed by atoms with Crippen LogP contribution in [0.2, 0.25) is 0 Å². The highest BCUT2D eigenvalue weighted by Crippen LogP contribution is 2.18.